The van der Waals surface area contributed by atoms with Gasteiger partial charge in [0.2, 0.25) is 0 Å². The Bertz CT molecular complexity index is 244. The SMILES string of the molecule is COC(=O)C1=C[C@H]2O[C@H]2[C@H](C)C1. The van der Waals surface area contributed by atoms with Crippen molar-refractivity contribution >= 4 is 5.97 Å². The van der Waals surface area contributed by atoms with Gasteiger partial charge in [-0.3, -0.25) is 0 Å². The van der Waals surface area contributed by atoms with Crippen molar-refractivity contribution in [1.29, 1.82) is 0 Å². The summed E-state index contributed by atoms with van der Waals surface area (Å²) >= 11 is 0. The molecule has 3 nitrogen and oxygen atoms in total. The molecular weight excluding hydrogens is 156 g/mol. The lowest BCUT2D eigenvalue weighted by Crippen LogP contribution is -2.17. The number of carbonyl (C=O) groups excluding carboxylic acids is 1. The number of carbonyl (C=O) groups is 1. The highest BCUT2D eigenvalue weighted by Crippen LogP contribution is 2.39. The minimum atomic E-state index is -0.212. The van der Waals surface area contributed by atoms with Gasteiger partial charge in [0.25, 0.3) is 0 Å². The van der Waals surface area contributed by atoms with Crippen molar-refractivity contribution in [2.45, 2.75) is 25.6 Å². The third-order valence-corrected chi connectivity index (χ3v) is 2.48. The summed E-state index contributed by atoms with van der Waals surface area (Å²) in [5.41, 5.74) is 0.767. The Hall–Kier alpha value is -0.830. The van der Waals surface area contributed by atoms with E-state index in [1.807, 2.05) is 6.08 Å². The van der Waals surface area contributed by atoms with Gasteiger partial charge in [-0.2, -0.15) is 0 Å². The number of rotatable bonds is 1. The maximum absolute atomic E-state index is 11.1. The van der Waals surface area contributed by atoms with Gasteiger partial charge in [-0.15, -0.1) is 0 Å². The first kappa shape index (κ1) is 7.80. The van der Waals surface area contributed by atoms with Crippen LogP contribution in [0.2, 0.25) is 0 Å². The van der Waals surface area contributed by atoms with E-state index < -0.39 is 0 Å². The number of hydrogen-bond acceptors (Lipinski definition) is 3. The van der Waals surface area contributed by atoms with Gasteiger partial charge in [-0.25, -0.2) is 4.79 Å². The Kier molecular flexibility index (Phi) is 1.68. The minimum Gasteiger partial charge on any atom is -0.466 e. The van der Waals surface area contributed by atoms with Gasteiger partial charge in [-0.1, -0.05) is 6.92 Å². The van der Waals surface area contributed by atoms with Crippen LogP contribution in [0.3, 0.4) is 0 Å². The topological polar surface area (TPSA) is 38.8 Å². The number of esters is 1. The molecule has 12 heavy (non-hydrogen) atoms. The molecule has 1 aliphatic heterocycles. The Morgan fingerprint density at radius 3 is 3.08 bits per heavy atom. The largest absolute Gasteiger partial charge is 0.466 e. The summed E-state index contributed by atoms with van der Waals surface area (Å²) in [6.07, 6.45) is 3.21. The highest BCUT2D eigenvalue weighted by molar-refractivity contribution is 5.88. The van der Waals surface area contributed by atoms with Crippen LogP contribution in [-0.2, 0) is 14.3 Å². The zero-order valence-electron chi connectivity index (χ0n) is 7.24. The maximum atomic E-state index is 11.1. The molecule has 0 aromatic heterocycles. The van der Waals surface area contributed by atoms with Gasteiger partial charge in [0, 0.05) is 5.57 Å². The first-order chi connectivity index (χ1) is 5.72. The molecule has 3 heteroatoms. The summed E-state index contributed by atoms with van der Waals surface area (Å²) < 4.78 is 9.97. The fourth-order valence-corrected chi connectivity index (χ4v) is 1.74. The lowest BCUT2D eigenvalue weighted by atomic mass is 9.90. The van der Waals surface area contributed by atoms with E-state index >= 15 is 0 Å². The number of fused-ring (bicyclic) bond motifs is 1. The Balaban J connectivity index is 2.11. The van der Waals surface area contributed by atoms with Gasteiger partial charge in [-0.05, 0) is 18.4 Å². The quantitative estimate of drug-likeness (QED) is 0.431. The van der Waals surface area contributed by atoms with Crippen LogP contribution in [-0.4, -0.2) is 25.3 Å². The molecule has 0 aromatic rings. The van der Waals surface area contributed by atoms with E-state index in [2.05, 4.69) is 11.7 Å². The van der Waals surface area contributed by atoms with E-state index in [4.69, 9.17) is 4.74 Å². The molecule has 0 aromatic carbocycles. The van der Waals surface area contributed by atoms with Crippen molar-refractivity contribution in [3.63, 3.8) is 0 Å². The Morgan fingerprint density at radius 1 is 1.75 bits per heavy atom. The van der Waals surface area contributed by atoms with E-state index in [1.54, 1.807) is 0 Å². The van der Waals surface area contributed by atoms with Crippen LogP contribution in [0, 0.1) is 5.92 Å². The second kappa shape index (κ2) is 2.59. The van der Waals surface area contributed by atoms with Crippen molar-refractivity contribution in [3.8, 4) is 0 Å². The fraction of sp³-hybridized carbons (Fsp3) is 0.667. The predicted octanol–water partition coefficient (Wildman–Crippen LogP) is 0.893. The summed E-state index contributed by atoms with van der Waals surface area (Å²) in [4.78, 5) is 11.1. The molecule has 1 fully saturated rings. The van der Waals surface area contributed by atoms with Crippen LogP contribution in [0.4, 0.5) is 0 Å². The fourth-order valence-electron chi connectivity index (χ4n) is 1.74. The molecule has 0 unspecified atom stereocenters. The highest BCUT2D eigenvalue weighted by atomic mass is 16.6. The highest BCUT2D eigenvalue weighted by Gasteiger charge is 2.45. The summed E-state index contributed by atoms with van der Waals surface area (Å²) in [5.74, 6) is 0.241. The lowest BCUT2D eigenvalue weighted by Gasteiger charge is -2.13. The second-order valence-electron chi connectivity index (χ2n) is 3.43. The van der Waals surface area contributed by atoms with E-state index in [9.17, 15) is 4.79 Å². The normalized spacial score (nSPS) is 38.2. The van der Waals surface area contributed by atoms with Crippen LogP contribution in [0.5, 0.6) is 0 Å². The molecular formula is C9H12O3. The third kappa shape index (κ3) is 1.14. The zero-order valence-corrected chi connectivity index (χ0v) is 7.24. The Labute approximate surface area is 71.3 Å². The Morgan fingerprint density at radius 2 is 2.50 bits per heavy atom. The molecule has 0 N–H and O–H groups in total. The van der Waals surface area contributed by atoms with Crippen molar-refractivity contribution in [1.82, 2.24) is 0 Å². The zero-order chi connectivity index (χ0) is 8.72. The first-order valence-corrected chi connectivity index (χ1v) is 4.17. The average Bonchev–Trinajstić information content (AvgIpc) is 2.82. The van der Waals surface area contributed by atoms with Gasteiger partial charge < -0.3 is 9.47 Å². The molecule has 2 aliphatic rings. The van der Waals surface area contributed by atoms with E-state index in [1.165, 1.54) is 7.11 Å². The van der Waals surface area contributed by atoms with Crippen LogP contribution in [0.1, 0.15) is 13.3 Å². The minimum absolute atomic E-state index is 0.183. The second-order valence-corrected chi connectivity index (χ2v) is 3.43. The molecule has 0 amide bonds. The standard InChI is InChI=1S/C9H12O3/c1-5-3-6(9(10)11-2)4-7-8(5)12-7/h4-5,7-8H,3H2,1-2H3/t5-,7-,8+/m1/s1. The van der Waals surface area contributed by atoms with Crippen molar-refractivity contribution < 1.29 is 14.3 Å². The summed E-state index contributed by atoms with van der Waals surface area (Å²) in [6, 6.07) is 0. The van der Waals surface area contributed by atoms with Gasteiger partial charge >= 0.3 is 5.97 Å². The van der Waals surface area contributed by atoms with Gasteiger partial charge in [0.1, 0.15) is 6.10 Å². The van der Waals surface area contributed by atoms with Crippen molar-refractivity contribution in [2.75, 3.05) is 7.11 Å². The molecule has 66 valence electrons. The molecule has 3 atom stereocenters. The molecule has 0 bridgehead atoms. The molecule has 1 heterocycles. The van der Waals surface area contributed by atoms with Crippen LogP contribution in [0.25, 0.3) is 0 Å². The first-order valence-electron chi connectivity index (χ1n) is 4.17. The number of methoxy groups -OCH3 is 1. The van der Waals surface area contributed by atoms with Crippen LogP contribution < -0.4 is 0 Å². The lowest BCUT2D eigenvalue weighted by molar-refractivity contribution is -0.136. The van der Waals surface area contributed by atoms with Crippen molar-refractivity contribution in [2.24, 2.45) is 5.92 Å². The third-order valence-electron chi connectivity index (χ3n) is 2.48. The summed E-state index contributed by atoms with van der Waals surface area (Å²) in [7, 11) is 1.41. The monoisotopic (exact) mass is 168 g/mol. The van der Waals surface area contributed by atoms with E-state index in [0.29, 0.717) is 12.0 Å². The van der Waals surface area contributed by atoms with Crippen LogP contribution in [0.15, 0.2) is 11.6 Å². The molecule has 0 radical (unpaired) electrons. The average molecular weight is 168 g/mol. The van der Waals surface area contributed by atoms with Crippen LogP contribution >= 0.6 is 0 Å². The molecule has 0 saturated carbocycles. The number of epoxide rings is 1. The van der Waals surface area contributed by atoms with Gasteiger partial charge in [0.15, 0.2) is 0 Å². The van der Waals surface area contributed by atoms with Gasteiger partial charge in [0.05, 0.1) is 13.2 Å². The molecule has 0 spiro atoms. The summed E-state index contributed by atoms with van der Waals surface area (Å²) in [5, 5.41) is 0. The molecule has 2 rings (SSSR count). The van der Waals surface area contributed by atoms with E-state index in [0.717, 1.165) is 12.0 Å². The molecule has 1 aliphatic carbocycles. The summed E-state index contributed by atoms with van der Waals surface area (Å²) in [6.45, 7) is 2.10. The maximum Gasteiger partial charge on any atom is 0.333 e. The van der Waals surface area contributed by atoms with Crippen molar-refractivity contribution in [3.05, 3.63) is 11.6 Å². The molecule has 1 saturated heterocycles. The van der Waals surface area contributed by atoms with E-state index in [-0.39, 0.29) is 12.1 Å². The number of ether oxygens (including phenoxy) is 2. The smallest absolute Gasteiger partial charge is 0.333 e. The number of hydrogen-bond donors (Lipinski definition) is 0. The predicted molar refractivity (Wildman–Crippen MR) is 42.5 cm³/mol.